The number of nitrogens with zero attached hydrogens (tertiary/aromatic N) is 3. The van der Waals surface area contributed by atoms with Crippen LogP contribution in [0.1, 0.15) is 60.5 Å². The number of nitrogens with one attached hydrogen (secondary N) is 1. The molecule has 2 N–H and O–H groups in total. The summed E-state index contributed by atoms with van der Waals surface area (Å²) in [5, 5.41) is 23.8. The Balaban J connectivity index is 2.11. The van der Waals surface area contributed by atoms with Crippen LogP contribution in [0.4, 0.5) is 5.69 Å². The van der Waals surface area contributed by atoms with Crippen LogP contribution >= 0.6 is 7.52 Å². The number of hydrogen-bond acceptors (Lipinski definition) is 6. The Bertz CT molecular complexity index is 1120. The molecule has 9 heteroatoms. The van der Waals surface area contributed by atoms with Crippen molar-refractivity contribution in [2.24, 2.45) is 15.6 Å². The number of benzene rings is 1. The second-order valence-corrected chi connectivity index (χ2v) is 12.7. The fourth-order valence-electron chi connectivity index (χ4n) is 4.11. The molecule has 8 nitrogen and oxygen atoms in total. The summed E-state index contributed by atoms with van der Waals surface area (Å²) in [6.45, 7) is 14.5. The number of aliphatic hydroxyl groups is 1. The molecule has 0 radical (unpaired) electrons. The molecule has 2 heterocycles. The summed E-state index contributed by atoms with van der Waals surface area (Å²) < 4.78 is 23.6. The first-order valence-electron chi connectivity index (χ1n) is 11.1. The Kier molecular flexibility index (Phi) is 6.54. The largest absolute Gasteiger partial charge is 0.509 e. The van der Waals surface area contributed by atoms with Crippen molar-refractivity contribution >= 4 is 30.3 Å². The molecule has 2 aliphatic rings. The van der Waals surface area contributed by atoms with Gasteiger partial charge in [-0.1, -0.05) is 41.5 Å². The number of amidine groups is 1. The summed E-state index contributed by atoms with van der Waals surface area (Å²) in [6, 6.07) is 6.17. The fraction of sp³-hybridized carbons (Fsp3) is 0.542. The lowest BCUT2D eigenvalue weighted by Crippen LogP contribution is -2.45. The summed E-state index contributed by atoms with van der Waals surface area (Å²) >= 11 is 0. The molecule has 0 saturated carbocycles. The zero-order valence-corrected chi connectivity index (χ0v) is 21.3. The predicted octanol–water partition coefficient (Wildman–Crippen LogP) is 4.74. The highest BCUT2D eigenvalue weighted by atomic mass is 31.2. The van der Waals surface area contributed by atoms with Gasteiger partial charge in [0.2, 0.25) is 0 Å². The van der Waals surface area contributed by atoms with Crippen molar-refractivity contribution in [1.82, 2.24) is 4.90 Å². The van der Waals surface area contributed by atoms with Gasteiger partial charge in [-0.15, -0.1) is 0 Å². The van der Waals surface area contributed by atoms with E-state index in [9.17, 15) is 19.7 Å². The van der Waals surface area contributed by atoms with Crippen LogP contribution in [0.5, 0.6) is 0 Å². The van der Waals surface area contributed by atoms with Gasteiger partial charge in [-0.2, -0.15) is 10.0 Å². The van der Waals surface area contributed by atoms with Crippen LogP contribution in [0.25, 0.3) is 0 Å². The van der Waals surface area contributed by atoms with Crippen molar-refractivity contribution in [3.63, 3.8) is 0 Å². The minimum atomic E-state index is -3.77. The second kappa shape index (κ2) is 8.62. The van der Waals surface area contributed by atoms with Gasteiger partial charge in [-0.3, -0.25) is 9.36 Å². The van der Waals surface area contributed by atoms with Crippen LogP contribution in [-0.2, 0) is 13.9 Å². The lowest BCUT2D eigenvalue weighted by molar-refractivity contribution is -0.128. The van der Waals surface area contributed by atoms with E-state index in [1.807, 2.05) is 26.8 Å². The Morgan fingerprint density at radius 2 is 1.94 bits per heavy atom. The lowest BCUT2D eigenvalue weighted by atomic mass is 9.84. The number of carbonyl (C=O) groups is 1. The number of rotatable bonds is 5. The molecule has 0 bridgehead atoms. The number of anilines is 1. The third-order valence-electron chi connectivity index (χ3n) is 5.68. The van der Waals surface area contributed by atoms with Gasteiger partial charge >= 0.3 is 7.52 Å². The molecule has 0 spiro atoms. The van der Waals surface area contributed by atoms with Crippen LogP contribution < -0.4 is 10.6 Å². The van der Waals surface area contributed by atoms with E-state index < -0.39 is 19.0 Å². The van der Waals surface area contributed by atoms with E-state index in [0.717, 1.165) is 6.42 Å². The standard InChI is InChI=1S/C24H33N4O4P/c1-8-32-33(31)17-13-15(14-25)9-10-16(17)26-21(27-33)18-19(29)20(24(5,6)7)28(22(18)30)12-11-23(2,3)4/h9-10,13,20,29H,8,11-12H2,1-7H3,(H,26,27,31). The predicted molar refractivity (Wildman–Crippen MR) is 130 cm³/mol. The topological polar surface area (TPSA) is 115 Å². The summed E-state index contributed by atoms with van der Waals surface area (Å²) in [6.07, 6.45) is 0.753. The molecule has 2 aliphatic heterocycles. The Hall–Kier alpha value is -2.62. The SMILES string of the molecule is CCOP1(=O)N=C(C2=C(O)C(C(C)(C)C)N(CCC(C)(C)C)C2=O)Nc2ccc(C#N)cc21. The molecule has 3 rings (SSSR count). The van der Waals surface area contributed by atoms with Crippen LogP contribution in [0.15, 0.2) is 34.3 Å². The smallest absolute Gasteiger partial charge is 0.348 e. The van der Waals surface area contributed by atoms with Crippen LogP contribution in [0, 0.1) is 22.2 Å². The van der Waals surface area contributed by atoms with Crippen molar-refractivity contribution in [1.29, 1.82) is 5.26 Å². The van der Waals surface area contributed by atoms with E-state index in [1.165, 1.54) is 6.07 Å². The highest BCUT2D eigenvalue weighted by molar-refractivity contribution is 7.66. The van der Waals surface area contributed by atoms with Crippen molar-refractivity contribution < 1.29 is 19.0 Å². The Morgan fingerprint density at radius 1 is 1.27 bits per heavy atom. The van der Waals surface area contributed by atoms with Crippen LogP contribution in [0.2, 0.25) is 0 Å². The quantitative estimate of drug-likeness (QED) is 0.598. The van der Waals surface area contributed by atoms with Crippen molar-refractivity contribution in [3.8, 4) is 6.07 Å². The summed E-state index contributed by atoms with van der Waals surface area (Å²) in [4.78, 5) is 15.3. The first-order valence-corrected chi connectivity index (χ1v) is 12.7. The zero-order chi connectivity index (χ0) is 24.8. The Morgan fingerprint density at radius 3 is 2.48 bits per heavy atom. The minimum absolute atomic E-state index is 0.00372. The minimum Gasteiger partial charge on any atom is -0.509 e. The molecular formula is C24H33N4O4P. The normalized spacial score (nSPS) is 23.2. The highest BCUT2D eigenvalue weighted by Gasteiger charge is 2.48. The Labute approximate surface area is 195 Å². The molecule has 0 saturated heterocycles. The lowest BCUT2D eigenvalue weighted by Gasteiger charge is -2.36. The number of aliphatic hydroxyl groups excluding tert-OH is 1. The maximum Gasteiger partial charge on any atom is 0.348 e. The van der Waals surface area contributed by atoms with E-state index in [0.29, 0.717) is 17.8 Å². The maximum atomic E-state index is 13.7. The number of amides is 1. The van der Waals surface area contributed by atoms with Gasteiger partial charge < -0.3 is 19.8 Å². The fourth-order valence-corrected chi connectivity index (χ4v) is 5.91. The van der Waals surface area contributed by atoms with Gasteiger partial charge in [0, 0.05) is 6.54 Å². The van der Waals surface area contributed by atoms with Crippen LogP contribution in [-0.4, -0.2) is 40.9 Å². The number of fused-ring (bicyclic) bond motifs is 1. The molecule has 0 aliphatic carbocycles. The van der Waals surface area contributed by atoms with Crippen molar-refractivity contribution in [2.75, 3.05) is 18.5 Å². The summed E-state index contributed by atoms with van der Waals surface area (Å²) in [5.41, 5.74) is 0.346. The average molecular weight is 473 g/mol. The molecule has 1 amide bonds. The number of nitriles is 1. The molecular weight excluding hydrogens is 439 g/mol. The van der Waals surface area contributed by atoms with Gasteiger partial charge in [0.15, 0.2) is 5.84 Å². The number of hydrogen-bond donors (Lipinski definition) is 2. The van der Waals surface area contributed by atoms with Gasteiger partial charge in [-0.25, -0.2) is 0 Å². The van der Waals surface area contributed by atoms with E-state index in [2.05, 4.69) is 30.9 Å². The summed E-state index contributed by atoms with van der Waals surface area (Å²) in [7, 11) is -3.77. The van der Waals surface area contributed by atoms with Gasteiger partial charge in [0.25, 0.3) is 5.91 Å². The highest BCUT2D eigenvalue weighted by Crippen LogP contribution is 2.52. The maximum absolute atomic E-state index is 13.7. The average Bonchev–Trinajstić information content (AvgIpc) is 2.95. The summed E-state index contributed by atoms with van der Waals surface area (Å²) in [5.74, 6) is -0.421. The van der Waals surface area contributed by atoms with Crippen molar-refractivity contribution in [2.45, 2.75) is 60.9 Å². The molecule has 33 heavy (non-hydrogen) atoms. The molecule has 0 aromatic heterocycles. The first kappa shape index (κ1) is 25.0. The van der Waals surface area contributed by atoms with E-state index in [1.54, 1.807) is 24.0 Å². The van der Waals surface area contributed by atoms with E-state index in [-0.39, 0.29) is 40.4 Å². The monoisotopic (exact) mass is 472 g/mol. The second-order valence-electron chi connectivity index (χ2n) is 10.7. The molecule has 1 aromatic rings. The first-order chi connectivity index (χ1) is 15.2. The van der Waals surface area contributed by atoms with Crippen LogP contribution in [0.3, 0.4) is 0 Å². The van der Waals surface area contributed by atoms with E-state index in [4.69, 9.17) is 4.52 Å². The van der Waals surface area contributed by atoms with Gasteiger partial charge in [-0.05, 0) is 42.4 Å². The van der Waals surface area contributed by atoms with E-state index >= 15 is 0 Å². The number of carbonyl (C=O) groups excluding carboxylic acids is 1. The third-order valence-corrected chi connectivity index (χ3v) is 7.73. The molecule has 2 unspecified atom stereocenters. The van der Waals surface area contributed by atoms with Crippen molar-refractivity contribution in [3.05, 3.63) is 35.1 Å². The molecule has 2 atom stereocenters. The zero-order valence-electron chi connectivity index (χ0n) is 20.4. The molecule has 0 fully saturated rings. The molecule has 178 valence electrons. The third kappa shape index (κ3) is 4.85. The van der Waals surface area contributed by atoms with Gasteiger partial charge in [0.1, 0.15) is 11.3 Å². The van der Waals surface area contributed by atoms with Gasteiger partial charge in [0.05, 0.1) is 35.3 Å². The molecule has 1 aromatic carbocycles.